The minimum absolute atomic E-state index is 0.0197. The van der Waals surface area contributed by atoms with Crippen molar-refractivity contribution in [2.45, 2.75) is 39.2 Å². The van der Waals surface area contributed by atoms with Gasteiger partial charge >= 0.3 is 0 Å². The standard InChI is InChI=1S/C12H23N3O2/c1-4-14-10(16)8-15(3)11(17)12(2)7-5-6-9(12)13/h9H,4-8,13H2,1-3H3,(H,14,16). The van der Waals surface area contributed by atoms with Gasteiger partial charge in [-0.25, -0.2) is 0 Å². The van der Waals surface area contributed by atoms with E-state index < -0.39 is 5.41 Å². The van der Waals surface area contributed by atoms with Crippen LogP contribution in [0.15, 0.2) is 0 Å². The smallest absolute Gasteiger partial charge is 0.239 e. The van der Waals surface area contributed by atoms with Gasteiger partial charge in [0.05, 0.1) is 12.0 Å². The molecule has 1 saturated carbocycles. The van der Waals surface area contributed by atoms with Gasteiger partial charge in [0.25, 0.3) is 0 Å². The number of nitrogens with two attached hydrogens (primary N) is 1. The molecule has 0 aromatic rings. The maximum absolute atomic E-state index is 12.3. The third-order valence-corrected chi connectivity index (χ3v) is 3.62. The van der Waals surface area contributed by atoms with Gasteiger partial charge < -0.3 is 16.0 Å². The lowest BCUT2D eigenvalue weighted by Crippen LogP contribution is -2.50. The number of nitrogens with one attached hydrogen (secondary N) is 1. The Bertz CT molecular complexity index is 306. The van der Waals surface area contributed by atoms with Gasteiger partial charge in [-0.2, -0.15) is 0 Å². The van der Waals surface area contributed by atoms with Crippen LogP contribution in [0.5, 0.6) is 0 Å². The quantitative estimate of drug-likeness (QED) is 0.733. The largest absolute Gasteiger partial charge is 0.355 e. The van der Waals surface area contributed by atoms with Crippen molar-refractivity contribution in [1.29, 1.82) is 0 Å². The van der Waals surface area contributed by atoms with E-state index in [1.165, 1.54) is 4.90 Å². The van der Waals surface area contributed by atoms with Crippen molar-refractivity contribution in [3.63, 3.8) is 0 Å². The predicted molar refractivity (Wildman–Crippen MR) is 66.3 cm³/mol. The molecular weight excluding hydrogens is 218 g/mol. The van der Waals surface area contributed by atoms with Crippen LogP contribution in [-0.4, -0.2) is 42.9 Å². The summed E-state index contributed by atoms with van der Waals surface area (Å²) in [5, 5.41) is 2.68. The van der Waals surface area contributed by atoms with Crippen LogP contribution in [-0.2, 0) is 9.59 Å². The molecule has 17 heavy (non-hydrogen) atoms. The molecule has 5 heteroatoms. The minimum Gasteiger partial charge on any atom is -0.355 e. The van der Waals surface area contributed by atoms with Crippen LogP contribution >= 0.6 is 0 Å². The fourth-order valence-electron chi connectivity index (χ4n) is 2.43. The monoisotopic (exact) mass is 241 g/mol. The lowest BCUT2D eigenvalue weighted by Gasteiger charge is -2.32. The highest BCUT2D eigenvalue weighted by molar-refractivity contribution is 5.88. The van der Waals surface area contributed by atoms with Crippen molar-refractivity contribution in [2.75, 3.05) is 20.1 Å². The summed E-state index contributed by atoms with van der Waals surface area (Å²) in [6.45, 7) is 4.45. The van der Waals surface area contributed by atoms with E-state index >= 15 is 0 Å². The molecule has 2 unspecified atom stereocenters. The Morgan fingerprint density at radius 3 is 2.65 bits per heavy atom. The Balaban J connectivity index is 2.60. The van der Waals surface area contributed by atoms with Gasteiger partial charge in [-0.15, -0.1) is 0 Å². The SMILES string of the molecule is CCNC(=O)CN(C)C(=O)C1(C)CCCC1N. The molecule has 0 aromatic heterocycles. The Labute approximate surface area is 103 Å². The summed E-state index contributed by atoms with van der Waals surface area (Å²) in [5.74, 6) is -0.146. The predicted octanol–water partition coefficient (Wildman–Crippen LogP) is 0.0984. The molecule has 2 atom stereocenters. The molecule has 0 radical (unpaired) electrons. The molecule has 0 bridgehead atoms. The zero-order valence-corrected chi connectivity index (χ0v) is 11.0. The van der Waals surface area contributed by atoms with Gasteiger partial charge in [0.1, 0.15) is 0 Å². The van der Waals surface area contributed by atoms with Crippen molar-refractivity contribution in [2.24, 2.45) is 11.1 Å². The van der Waals surface area contributed by atoms with Crippen LogP contribution in [0, 0.1) is 5.41 Å². The van der Waals surface area contributed by atoms with Crippen LogP contribution < -0.4 is 11.1 Å². The number of carbonyl (C=O) groups excluding carboxylic acids is 2. The molecule has 0 aromatic carbocycles. The number of likely N-dealkylation sites (N-methyl/N-ethyl adjacent to an activating group) is 2. The first-order valence-electron chi connectivity index (χ1n) is 6.19. The molecule has 2 amide bonds. The van der Waals surface area contributed by atoms with Gasteiger partial charge in [-0.1, -0.05) is 6.42 Å². The first-order valence-corrected chi connectivity index (χ1v) is 6.19. The third-order valence-electron chi connectivity index (χ3n) is 3.62. The van der Waals surface area contributed by atoms with E-state index in [1.807, 2.05) is 13.8 Å². The average molecular weight is 241 g/mol. The van der Waals surface area contributed by atoms with E-state index in [4.69, 9.17) is 5.73 Å². The summed E-state index contributed by atoms with van der Waals surface area (Å²) in [5.41, 5.74) is 5.49. The van der Waals surface area contributed by atoms with Crippen molar-refractivity contribution in [1.82, 2.24) is 10.2 Å². The lowest BCUT2D eigenvalue weighted by molar-refractivity contribution is -0.143. The molecule has 1 aliphatic carbocycles. The summed E-state index contributed by atoms with van der Waals surface area (Å²) in [4.78, 5) is 25.2. The number of carbonyl (C=O) groups is 2. The summed E-state index contributed by atoms with van der Waals surface area (Å²) < 4.78 is 0. The Hall–Kier alpha value is -1.10. The lowest BCUT2D eigenvalue weighted by atomic mass is 9.83. The van der Waals surface area contributed by atoms with Gasteiger partial charge in [0, 0.05) is 19.6 Å². The van der Waals surface area contributed by atoms with E-state index in [-0.39, 0.29) is 24.4 Å². The summed E-state index contributed by atoms with van der Waals surface area (Å²) in [6, 6.07) is -0.0910. The molecule has 5 nitrogen and oxygen atoms in total. The van der Waals surface area contributed by atoms with Gasteiger partial charge in [0.15, 0.2) is 0 Å². The number of amides is 2. The molecule has 0 saturated heterocycles. The molecule has 3 N–H and O–H groups in total. The Morgan fingerprint density at radius 1 is 1.53 bits per heavy atom. The van der Waals surface area contributed by atoms with Crippen LogP contribution in [0.4, 0.5) is 0 Å². The van der Waals surface area contributed by atoms with E-state index in [2.05, 4.69) is 5.32 Å². The fourth-order valence-corrected chi connectivity index (χ4v) is 2.43. The van der Waals surface area contributed by atoms with E-state index in [0.717, 1.165) is 19.3 Å². The molecule has 1 aliphatic rings. The fraction of sp³-hybridized carbons (Fsp3) is 0.833. The summed E-state index contributed by atoms with van der Waals surface area (Å²) >= 11 is 0. The van der Waals surface area contributed by atoms with E-state index in [0.29, 0.717) is 6.54 Å². The number of nitrogens with zero attached hydrogens (tertiary/aromatic N) is 1. The summed E-state index contributed by atoms with van der Waals surface area (Å²) in [6.07, 6.45) is 2.68. The second-order valence-electron chi connectivity index (χ2n) is 5.03. The Kier molecular flexibility index (Phi) is 4.51. The molecule has 98 valence electrons. The number of hydrogen-bond acceptors (Lipinski definition) is 3. The van der Waals surface area contributed by atoms with Crippen molar-refractivity contribution < 1.29 is 9.59 Å². The van der Waals surface area contributed by atoms with E-state index in [9.17, 15) is 9.59 Å². The highest BCUT2D eigenvalue weighted by Crippen LogP contribution is 2.38. The zero-order valence-electron chi connectivity index (χ0n) is 11.0. The first-order chi connectivity index (χ1) is 7.91. The first kappa shape index (κ1) is 14.0. The maximum atomic E-state index is 12.3. The Morgan fingerprint density at radius 2 is 2.18 bits per heavy atom. The number of hydrogen-bond donors (Lipinski definition) is 2. The average Bonchev–Trinajstić information content (AvgIpc) is 2.59. The highest BCUT2D eigenvalue weighted by Gasteiger charge is 2.44. The molecule has 0 aliphatic heterocycles. The third kappa shape index (κ3) is 2.97. The van der Waals surface area contributed by atoms with Crippen LogP contribution in [0.25, 0.3) is 0 Å². The second-order valence-corrected chi connectivity index (χ2v) is 5.03. The molecule has 0 spiro atoms. The minimum atomic E-state index is -0.499. The molecule has 1 fully saturated rings. The van der Waals surface area contributed by atoms with Crippen molar-refractivity contribution >= 4 is 11.8 Å². The molecule has 1 rings (SSSR count). The highest BCUT2D eigenvalue weighted by atomic mass is 16.2. The normalized spacial score (nSPS) is 27.9. The second kappa shape index (κ2) is 5.49. The summed E-state index contributed by atoms with van der Waals surface area (Å²) in [7, 11) is 1.66. The van der Waals surface area contributed by atoms with Crippen LogP contribution in [0.2, 0.25) is 0 Å². The zero-order chi connectivity index (χ0) is 13.1. The van der Waals surface area contributed by atoms with Crippen LogP contribution in [0.1, 0.15) is 33.1 Å². The van der Waals surface area contributed by atoms with Crippen molar-refractivity contribution in [3.05, 3.63) is 0 Å². The topological polar surface area (TPSA) is 75.4 Å². The van der Waals surface area contributed by atoms with E-state index in [1.54, 1.807) is 7.05 Å². The number of rotatable bonds is 4. The van der Waals surface area contributed by atoms with Crippen molar-refractivity contribution in [3.8, 4) is 0 Å². The maximum Gasteiger partial charge on any atom is 0.239 e. The van der Waals surface area contributed by atoms with Gasteiger partial charge in [0.2, 0.25) is 11.8 Å². The molecule has 0 heterocycles. The molecular formula is C12H23N3O2. The van der Waals surface area contributed by atoms with Crippen LogP contribution in [0.3, 0.4) is 0 Å². The van der Waals surface area contributed by atoms with Gasteiger partial charge in [-0.05, 0) is 26.7 Å². The van der Waals surface area contributed by atoms with Gasteiger partial charge in [-0.3, -0.25) is 9.59 Å².